The summed E-state index contributed by atoms with van der Waals surface area (Å²) in [5, 5.41) is 3.06. The van der Waals surface area contributed by atoms with Gasteiger partial charge in [0.25, 0.3) is 0 Å². The Bertz CT molecular complexity index is 612. The van der Waals surface area contributed by atoms with Crippen LogP contribution in [0.2, 0.25) is 0 Å². The van der Waals surface area contributed by atoms with Crippen molar-refractivity contribution in [3.63, 3.8) is 0 Å². The molecule has 2 aromatic rings. The molecule has 1 saturated carbocycles. The van der Waals surface area contributed by atoms with Crippen LogP contribution < -0.4 is 4.74 Å². The number of Topliss-reactive ketones (excluding diaryl/α,β-unsaturated/α-hetero) is 1. The van der Waals surface area contributed by atoms with E-state index in [1.165, 1.54) is 12.8 Å². The number of ketones is 1. The molecule has 1 aliphatic rings. The molecule has 4 heteroatoms. The van der Waals surface area contributed by atoms with Crippen molar-refractivity contribution in [3.8, 4) is 16.3 Å². The monoisotopic (exact) mass is 301 g/mol. The number of carbonyl (C=O) groups is 1. The zero-order chi connectivity index (χ0) is 14.7. The van der Waals surface area contributed by atoms with Crippen LogP contribution in [0.4, 0.5) is 0 Å². The van der Waals surface area contributed by atoms with Crippen LogP contribution in [0.15, 0.2) is 29.6 Å². The van der Waals surface area contributed by atoms with Crippen LogP contribution in [0.3, 0.4) is 0 Å². The van der Waals surface area contributed by atoms with Gasteiger partial charge in [-0.2, -0.15) is 0 Å². The highest BCUT2D eigenvalue weighted by atomic mass is 32.1. The lowest BCUT2D eigenvalue weighted by Gasteiger charge is -2.09. The first-order chi connectivity index (χ1) is 10.2. The van der Waals surface area contributed by atoms with Crippen LogP contribution in [0.1, 0.15) is 31.4 Å². The van der Waals surface area contributed by atoms with Gasteiger partial charge in [0.15, 0.2) is 5.78 Å². The third-order valence-electron chi connectivity index (χ3n) is 3.91. The summed E-state index contributed by atoms with van der Waals surface area (Å²) in [5.41, 5.74) is 2.13. The number of benzene rings is 1. The average Bonchev–Trinajstić information content (AvgIpc) is 3.17. The number of aromatic nitrogens is 1. The number of thiazole rings is 1. The van der Waals surface area contributed by atoms with Crippen molar-refractivity contribution in [1.29, 1.82) is 0 Å². The highest BCUT2D eigenvalue weighted by Gasteiger charge is 2.22. The van der Waals surface area contributed by atoms with Gasteiger partial charge in [-0.25, -0.2) is 4.98 Å². The predicted octanol–water partition coefficient (Wildman–Crippen LogP) is 4.26. The fourth-order valence-corrected chi connectivity index (χ4v) is 3.50. The van der Waals surface area contributed by atoms with E-state index in [1.807, 2.05) is 36.6 Å². The molecule has 0 unspecified atom stereocenters. The van der Waals surface area contributed by atoms with Gasteiger partial charge < -0.3 is 4.74 Å². The molecular weight excluding hydrogens is 282 g/mol. The number of ether oxygens (including phenoxy) is 1. The van der Waals surface area contributed by atoms with Crippen molar-refractivity contribution in [1.82, 2.24) is 4.98 Å². The molecule has 110 valence electrons. The van der Waals surface area contributed by atoms with Crippen molar-refractivity contribution in [2.24, 2.45) is 5.92 Å². The molecule has 0 saturated heterocycles. The lowest BCUT2D eigenvalue weighted by atomic mass is 10.0. The molecule has 1 aromatic heterocycles. The van der Waals surface area contributed by atoms with Gasteiger partial charge in [-0.3, -0.25) is 4.79 Å². The van der Waals surface area contributed by atoms with Crippen LogP contribution >= 0.6 is 11.3 Å². The number of hydrogen-bond donors (Lipinski definition) is 0. The quantitative estimate of drug-likeness (QED) is 0.828. The molecule has 1 aromatic carbocycles. The van der Waals surface area contributed by atoms with Crippen molar-refractivity contribution in [2.75, 3.05) is 6.61 Å². The molecule has 0 N–H and O–H groups in total. The molecule has 3 rings (SSSR count). The van der Waals surface area contributed by atoms with E-state index in [1.54, 1.807) is 11.3 Å². The van der Waals surface area contributed by atoms with Crippen LogP contribution in [0.5, 0.6) is 5.75 Å². The van der Waals surface area contributed by atoms with Crippen molar-refractivity contribution in [2.45, 2.75) is 32.6 Å². The van der Waals surface area contributed by atoms with Crippen molar-refractivity contribution < 1.29 is 9.53 Å². The summed E-state index contributed by atoms with van der Waals surface area (Å²) in [6.45, 7) is 2.19. The van der Waals surface area contributed by atoms with Crippen molar-refractivity contribution >= 4 is 17.1 Å². The molecule has 0 bridgehead atoms. The normalized spacial score (nSPS) is 15.3. The molecule has 21 heavy (non-hydrogen) atoms. The second-order valence-electron chi connectivity index (χ2n) is 5.55. The van der Waals surface area contributed by atoms with Gasteiger partial charge in [-0.05, 0) is 44.0 Å². The Morgan fingerprint density at radius 1 is 1.29 bits per heavy atom. The zero-order valence-electron chi connectivity index (χ0n) is 12.2. The Morgan fingerprint density at radius 3 is 2.62 bits per heavy atom. The standard InChI is InChI=1S/C17H19NO2S/c1-12-11-21-17(18-12)14-6-8-15(9-7-14)20-10-16(19)13-4-2-3-5-13/h6-9,11,13H,2-5,10H2,1H3. The Morgan fingerprint density at radius 2 is 2.00 bits per heavy atom. The van der Waals surface area contributed by atoms with Gasteiger partial charge in [0.2, 0.25) is 0 Å². The molecule has 1 heterocycles. The molecule has 1 aliphatic carbocycles. The van der Waals surface area contributed by atoms with E-state index >= 15 is 0 Å². The smallest absolute Gasteiger partial charge is 0.173 e. The van der Waals surface area contributed by atoms with E-state index in [0.717, 1.165) is 34.9 Å². The van der Waals surface area contributed by atoms with E-state index < -0.39 is 0 Å². The minimum atomic E-state index is 0.195. The Balaban J connectivity index is 1.58. The van der Waals surface area contributed by atoms with Gasteiger partial charge >= 0.3 is 0 Å². The summed E-state index contributed by atoms with van der Waals surface area (Å²) in [5.74, 6) is 1.22. The van der Waals surface area contributed by atoms with Crippen LogP contribution in [0, 0.1) is 12.8 Å². The highest BCUT2D eigenvalue weighted by molar-refractivity contribution is 7.13. The molecular formula is C17H19NO2S. The largest absolute Gasteiger partial charge is 0.486 e. The number of hydrogen-bond acceptors (Lipinski definition) is 4. The molecule has 0 radical (unpaired) electrons. The van der Waals surface area contributed by atoms with E-state index in [4.69, 9.17) is 4.74 Å². The third kappa shape index (κ3) is 3.50. The van der Waals surface area contributed by atoms with Crippen molar-refractivity contribution in [3.05, 3.63) is 35.3 Å². The lowest BCUT2D eigenvalue weighted by Crippen LogP contribution is -2.19. The molecule has 0 amide bonds. The Labute approximate surface area is 129 Å². The Hall–Kier alpha value is -1.68. The number of nitrogens with zero attached hydrogens (tertiary/aromatic N) is 1. The fourth-order valence-electron chi connectivity index (χ4n) is 2.70. The van der Waals surface area contributed by atoms with Gasteiger partial charge in [0.1, 0.15) is 17.4 Å². The molecule has 0 atom stereocenters. The summed E-state index contributed by atoms with van der Waals surface area (Å²) in [6.07, 6.45) is 4.42. The van der Waals surface area contributed by atoms with E-state index in [2.05, 4.69) is 4.98 Å². The SMILES string of the molecule is Cc1csc(-c2ccc(OCC(=O)C3CCCC3)cc2)n1. The molecule has 0 aliphatic heterocycles. The number of aryl methyl sites for hydroxylation is 1. The fraction of sp³-hybridized carbons (Fsp3) is 0.412. The van der Waals surface area contributed by atoms with Gasteiger partial charge in [-0.15, -0.1) is 11.3 Å². The van der Waals surface area contributed by atoms with E-state index in [0.29, 0.717) is 0 Å². The van der Waals surface area contributed by atoms with Crippen LogP contribution in [-0.4, -0.2) is 17.4 Å². The molecule has 0 spiro atoms. The first-order valence-corrected chi connectivity index (χ1v) is 8.28. The van der Waals surface area contributed by atoms with Crippen LogP contribution in [0.25, 0.3) is 10.6 Å². The summed E-state index contributed by atoms with van der Waals surface area (Å²) < 4.78 is 5.61. The van der Waals surface area contributed by atoms with E-state index in [-0.39, 0.29) is 18.3 Å². The van der Waals surface area contributed by atoms with E-state index in [9.17, 15) is 4.79 Å². The summed E-state index contributed by atoms with van der Waals surface area (Å²) in [6, 6.07) is 7.81. The highest BCUT2D eigenvalue weighted by Crippen LogP contribution is 2.27. The Kier molecular flexibility index (Phi) is 4.34. The topological polar surface area (TPSA) is 39.2 Å². The zero-order valence-corrected chi connectivity index (χ0v) is 13.0. The maximum Gasteiger partial charge on any atom is 0.173 e. The average molecular weight is 301 g/mol. The first kappa shape index (κ1) is 14.3. The van der Waals surface area contributed by atoms with Gasteiger partial charge in [0.05, 0.1) is 0 Å². The van der Waals surface area contributed by atoms with Crippen LogP contribution in [-0.2, 0) is 4.79 Å². The van der Waals surface area contributed by atoms with Gasteiger partial charge in [-0.1, -0.05) is 12.8 Å². The number of carbonyl (C=O) groups excluding carboxylic acids is 1. The first-order valence-electron chi connectivity index (χ1n) is 7.40. The summed E-state index contributed by atoms with van der Waals surface area (Å²) in [4.78, 5) is 16.4. The third-order valence-corrected chi connectivity index (χ3v) is 4.92. The number of rotatable bonds is 5. The lowest BCUT2D eigenvalue weighted by molar-refractivity contribution is -0.124. The minimum absolute atomic E-state index is 0.195. The maximum absolute atomic E-state index is 12.0. The molecule has 3 nitrogen and oxygen atoms in total. The molecule has 1 fully saturated rings. The summed E-state index contributed by atoms with van der Waals surface area (Å²) in [7, 11) is 0. The summed E-state index contributed by atoms with van der Waals surface area (Å²) >= 11 is 1.64. The minimum Gasteiger partial charge on any atom is -0.486 e. The predicted molar refractivity (Wildman–Crippen MR) is 84.7 cm³/mol. The second-order valence-corrected chi connectivity index (χ2v) is 6.41. The van der Waals surface area contributed by atoms with Gasteiger partial charge in [0, 0.05) is 22.6 Å². The maximum atomic E-state index is 12.0. The second kappa shape index (κ2) is 6.39.